The van der Waals surface area contributed by atoms with Gasteiger partial charge in [0.2, 0.25) is 5.91 Å². The van der Waals surface area contributed by atoms with Gasteiger partial charge in [0.05, 0.1) is 15.5 Å². The molecule has 1 fully saturated rings. The van der Waals surface area contributed by atoms with Crippen molar-refractivity contribution in [1.29, 1.82) is 0 Å². The third-order valence-corrected chi connectivity index (χ3v) is 5.27. The Hall–Kier alpha value is -2.91. The lowest BCUT2D eigenvalue weighted by molar-refractivity contribution is -0.115. The highest BCUT2D eigenvalue weighted by atomic mass is 32.2. The number of carbonyl (C=O) groups is 2. The molecule has 1 aromatic carbocycles. The first kappa shape index (κ1) is 16.6. The van der Waals surface area contributed by atoms with Crippen LogP contribution in [0.15, 0.2) is 46.6 Å². The monoisotopic (exact) mass is 383 g/mol. The van der Waals surface area contributed by atoms with E-state index >= 15 is 0 Å². The molecule has 2 amide bonds. The Morgan fingerprint density at radius 3 is 3.08 bits per heavy atom. The summed E-state index contributed by atoms with van der Waals surface area (Å²) in [6.07, 6.45) is 5.23. The van der Waals surface area contributed by atoms with Crippen LogP contribution < -0.4 is 10.6 Å². The number of carbonyl (C=O) groups excluding carboxylic acids is 2. The minimum Gasteiger partial charge on any atom is -0.361 e. The highest BCUT2D eigenvalue weighted by molar-refractivity contribution is 8.18. The van der Waals surface area contributed by atoms with Crippen molar-refractivity contribution in [3.8, 4) is 0 Å². The Bertz CT molecular complexity index is 1080. The van der Waals surface area contributed by atoms with Crippen LogP contribution >= 0.6 is 23.1 Å². The number of H-pyrrole nitrogens is 1. The maximum atomic E-state index is 12.2. The summed E-state index contributed by atoms with van der Waals surface area (Å²) in [4.78, 5) is 36.3. The molecule has 4 rings (SSSR count). The highest BCUT2D eigenvalue weighted by Gasteiger charge is 2.24. The van der Waals surface area contributed by atoms with Gasteiger partial charge in [-0.3, -0.25) is 9.59 Å². The lowest BCUT2D eigenvalue weighted by Crippen LogP contribution is -2.19. The molecule has 7 nitrogen and oxygen atoms in total. The standard InChI is InChI=1S/C17H13N5O2S2/c1-9(23)20-16-19-8-12(25-16)7-14-15(24)22-17(26-14)21-11-3-2-10-4-5-18-13(10)6-11/h2-8,18H,1H3,(H,19,20,23)(H,21,22,24)/b14-7-. The number of nitrogens with one attached hydrogen (secondary N) is 3. The number of benzene rings is 1. The zero-order chi connectivity index (χ0) is 18.1. The maximum Gasteiger partial charge on any atom is 0.264 e. The van der Waals surface area contributed by atoms with Gasteiger partial charge >= 0.3 is 0 Å². The number of rotatable bonds is 3. The molecule has 0 spiro atoms. The van der Waals surface area contributed by atoms with E-state index in [2.05, 4.69) is 25.6 Å². The topological polar surface area (TPSA) is 99.2 Å². The minimum atomic E-state index is -0.204. The van der Waals surface area contributed by atoms with Crippen molar-refractivity contribution in [1.82, 2.24) is 15.3 Å². The Labute approximate surface area is 156 Å². The predicted molar refractivity (Wildman–Crippen MR) is 106 cm³/mol. The molecule has 1 saturated heterocycles. The van der Waals surface area contributed by atoms with Gasteiger partial charge in [0.1, 0.15) is 0 Å². The first-order valence-corrected chi connectivity index (χ1v) is 9.30. The normalized spacial score (nSPS) is 17.2. The number of thioether (sulfide) groups is 1. The second kappa shape index (κ2) is 6.77. The smallest absolute Gasteiger partial charge is 0.264 e. The van der Waals surface area contributed by atoms with Gasteiger partial charge in [-0.1, -0.05) is 17.4 Å². The van der Waals surface area contributed by atoms with Crippen molar-refractivity contribution < 1.29 is 9.59 Å². The van der Waals surface area contributed by atoms with Crippen LogP contribution in [0.2, 0.25) is 0 Å². The van der Waals surface area contributed by atoms with Gasteiger partial charge in [-0.25, -0.2) is 9.98 Å². The number of hydrogen-bond acceptors (Lipinski definition) is 6. The summed E-state index contributed by atoms with van der Waals surface area (Å²) in [6, 6.07) is 7.80. The van der Waals surface area contributed by atoms with Crippen LogP contribution in [0, 0.1) is 0 Å². The third kappa shape index (κ3) is 3.53. The number of nitrogens with zero attached hydrogens (tertiary/aromatic N) is 2. The van der Waals surface area contributed by atoms with Gasteiger partial charge in [-0.15, -0.1) is 0 Å². The van der Waals surface area contributed by atoms with Crippen LogP contribution in [-0.4, -0.2) is 26.9 Å². The second-order valence-electron chi connectivity index (χ2n) is 5.48. The Morgan fingerprint density at radius 1 is 1.35 bits per heavy atom. The molecular weight excluding hydrogens is 370 g/mol. The highest BCUT2D eigenvalue weighted by Crippen LogP contribution is 2.30. The van der Waals surface area contributed by atoms with Gasteiger partial charge in [0.25, 0.3) is 5.91 Å². The quantitative estimate of drug-likeness (QED) is 0.603. The Morgan fingerprint density at radius 2 is 2.23 bits per heavy atom. The third-order valence-electron chi connectivity index (χ3n) is 3.50. The summed E-state index contributed by atoms with van der Waals surface area (Å²) in [6.45, 7) is 1.42. The van der Waals surface area contributed by atoms with Crippen molar-refractivity contribution in [2.75, 3.05) is 5.32 Å². The van der Waals surface area contributed by atoms with Crippen LogP contribution in [0.1, 0.15) is 11.8 Å². The van der Waals surface area contributed by atoms with Crippen LogP contribution in [-0.2, 0) is 9.59 Å². The SMILES string of the molecule is CC(=O)Nc1ncc(/C=C2\SC(=Nc3ccc4cc[nH]c4c3)NC2=O)s1. The molecule has 0 unspecified atom stereocenters. The largest absolute Gasteiger partial charge is 0.361 e. The average Bonchev–Trinajstić information content (AvgIpc) is 3.29. The first-order valence-electron chi connectivity index (χ1n) is 7.67. The lowest BCUT2D eigenvalue weighted by atomic mass is 10.2. The predicted octanol–water partition coefficient (Wildman–Crippen LogP) is 3.47. The van der Waals surface area contributed by atoms with Gasteiger partial charge < -0.3 is 15.6 Å². The number of aromatic amines is 1. The molecule has 130 valence electrons. The van der Waals surface area contributed by atoms with E-state index in [1.807, 2.05) is 30.5 Å². The fourth-order valence-electron chi connectivity index (χ4n) is 2.39. The number of thiazole rings is 1. The molecule has 1 aliphatic rings. The second-order valence-corrected chi connectivity index (χ2v) is 7.57. The number of aromatic nitrogens is 2. The summed E-state index contributed by atoms with van der Waals surface area (Å²) in [7, 11) is 0. The molecule has 0 atom stereocenters. The van der Waals surface area contributed by atoms with Crippen LogP contribution in [0.3, 0.4) is 0 Å². The molecule has 9 heteroatoms. The molecule has 0 bridgehead atoms. The molecule has 3 aromatic rings. The van der Waals surface area contributed by atoms with E-state index in [-0.39, 0.29) is 11.8 Å². The average molecular weight is 383 g/mol. The summed E-state index contributed by atoms with van der Waals surface area (Å²) < 4.78 is 0. The number of amidine groups is 1. The van der Waals surface area contributed by atoms with E-state index < -0.39 is 0 Å². The van der Waals surface area contributed by atoms with Crippen molar-refractivity contribution >= 4 is 67.9 Å². The van der Waals surface area contributed by atoms with Crippen LogP contribution in [0.25, 0.3) is 17.0 Å². The van der Waals surface area contributed by atoms with Crippen LogP contribution in [0.4, 0.5) is 10.8 Å². The van der Waals surface area contributed by atoms with Crippen molar-refractivity contribution in [3.05, 3.63) is 46.4 Å². The molecule has 0 radical (unpaired) electrons. The molecular formula is C17H13N5O2S2. The summed E-state index contributed by atoms with van der Waals surface area (Å²) in [5.41, 5.74) is 1.75. The molecule has 2 aromatic heterocycles. The molecule has 3 N–H and O–H groups in total. The number of amides is 2. The summed E-state index contributed by atoms with van der Waals surface area (Å²) in [5, 5.41) is 7.52. The van der Waals surface area contributed by atoms with E-state index in [9.17, 15) is 9.59 Å². The molecule has 26 heavy (non-hydrogen) atoms. The van der Waals surface area contributed by atoms with E-state index in [0.717, 1.165) is 21.5 Å². The Kier molecular flexibility index (Phi) is 4.31. The number of aliphatic imine (C=N–C) groups is 1. The fourth-order valence-corrected chi connectivity index (χ4v) is 4.11. The van der Waals surface area contributed by atoms with Crippen molar-refractivity contribution in [2.24, 2.45) is 4.99 Å². The van der Waals surface area contributed by atoms with E-state index in [1.165, 1.54) is 30.0 Å². The maximum absolute atomic E-state index is 12.2. The number of hydrogen-bond donors (Lipinski definition) is 3. The van der Waals surface area contributed by atoms with Gasteiger partial charge in [-0.2, -0.15) is 0 Å². The minimum absolute atomic E-state index is 0.181. The van der Waals surface area contributed by atoms with Gasteiger partial charge in [0.15, 0.2) is 10.3 Å². The fraction of sp³-hybridized carbons (Fsp3) is 0.0588. The van der Waals surface area contributed by atoms with Crippen LogP contribution in [0.5, 0.6) is 0 Å². The summed E-state index contributed by atoms with van der Waals surface area (Å²) >= 11 is 2.57. The van der Waals surface area contributed by atoms with Gasteiger partial charge in [-0.05, 0) is 41.4 Å². The number of anilines is 1. The lowest BCUT2D eigenvalue weighted by Gasteiger charge is -1.97. The summed E-state index contributed by atoms with van der Waals surface area (Å²) in [5.74, 6) is -0.385. The molecule has 0 aliphatic carbocycles. The van der Waals surface area contributed by atoms with E-state index in [0.29, 0.717) is 15.2 Å². The number of fused-ring (bicyclic) bond motifs is 1. The van der Waals surface area contributed by atoms with E-state index in [1.54, 1.807) is 12.3 Å². The van der Waals surface area contributed by atoms with E-state index in [4.69, 9.17) is 0 Å². The van der Waals surface area contributed by atoms with Crippen molar-refractivity contribution in [2.45, 2.75) is 6.92 Å². The van der Waals surface area contributed by atoms with Gasteiger partial charge in [0, 0.05) is 24.8 Å². The molecule has 0 saturated carbocycles. The Balaban J connectivity index is 1.54. The first-order chi connectivity index (χ1) is 12.6. The zero-order valence-corrected chi connectivity index (χ0v) is 15.2. The molecule has 3 heterocycles. The van der Waals surface area contributed by atoms with Crippen molar-refractivity contribution in [3.63, 3.8) is 0 Å². The zero-order valence-electron chi connectivity index (χ0n) is 13.6. The molecule has 1 aliphatic heterocycles.